The van der Waals surface area contributed by atoms with Crippen molar-refractivity contribution in [1.29, 1.82) is 0 Å². The highest BCUT2D eigenvalue weighted by Crippen LogP contribution is 2.19. The molecule has 0 N–H and O–H groups in total. The Labute approximate surface area is 165 Å². The summed E-state index contributed by atoms with van der Waals surface area (Å²) >= 11 is 0. The van der Waals surface area contributed by atoms with Gasteiger partial charge >= 0.3 is 5.97 Å². The number of methoxy groups -OCH3 is 1. The number of ether oxygens (including phenoxy) is 1. The van der Waals surface area contributed by atoms with Crippen molar-refractivity contribution in [2.45, 2.75) is 6.54 Å². The summed E-state index contributed by atoms with van der Waals surface area (Å²) in [4.78, 5) is 18.1. The number of benzene rings is 2. The first-order valence-electron chi connectivity index (χ1n) is 8.95. The minimum Gasteiger partial charge on any atom is -0.465 e. The van der Waals surface area contributed by atoms with Crippen LogP contribution < -0.4 is 0 Å². The van der Waals surface area contributed by atoms with Gasteiger partial charge in [-0.05, 0) is 56.1 Å². The van der Waals surface area contributed by atoms with Crippen molar-refractivity contribution in [3.63, 3.8) is 0 Å². The van der Waals surface area contributed by atoms with E-state index in [0.717, 1.165) is 28.9 Å². The Morgan fingerprint density at radius 1 is 0.964 bits per heavy atom. The molecule has 0 fully saturated rings. The number of rotatable bonds is 4. The van der Waals surface area contributed by atoms with Gasteiger partial charge in [-0.15, -0.1) is 0 Å². The molecule has 0 spiro atoms. The molecule has 28 heavy (non-hydrogen) atoms. The van der Waals surface area contributed by atoms with Crippen molar-refractivity contribution in [3.8, 4) is 23.1 Å². The van der Waals surface area contributed by atoms with Gasteiger partial charge in [-0.25, -0.2) is 4.79 Å². The number of esters is 1. The molecule has 0 unspecified atom stereocenters. The highest BCUT2D eigenvalue weighted by Gasteiger charge is 2.07. The monoisotopic (exact) mass is 370 g/mol. The van der Waals surface area contributed by atoms with Crippen LogP contribution in [-0.4, -0.2) is 37.1 Å². The second kappa shape index (κ2) is 8.98. The maximum absolute atomic E-state index is 11.7. The van der Waals surface area contributed by atoms with Crippen LogP contribution in [0.1, 0.15) is 27.0 Å². The van der Waals surface area contributed by atoms with Crippen molar-refractivity contribution in [3.05, 3.63) is 89.1 Å². The van der Waals surface area contributed by atoms with Gasteiger partial charge in [0.2, 0.25) is 0 Å². The Kier molecular flexibility index (Phi) is 6.21. The molecule has 1 aromatic heterocycles. The Morgan fingerprint density at radius 2 is 1.57 bits per heavy atom. The number of aromatic nitrogens is 1. The summed E-state index contributed by atoms with van der Waals surface area (Å²) in [5, 5.41) is 0. The molecule has 4 nitrogen and oxygen atoms in total. The zero-order valence-corrected chi connectivity index (χ0v) is 16.3. The van der Waals surface area contributed by atoms with Crippen LogP contribution in [0.25, 0.3) is 11.3 Å². The number of hydrogen-bond donors (Lipinski definition) is 0. The third-order valence-corrected chi connectivity index (χ3v) is 4.17. The SMILES string of the molecule is COC(=O)c1ccnc(-c2ccc(C#Cc3ccc(CN(C)C)cc3)cc2)c1. The second-order valence-electron chi connectivity index (χ2n) is 6.68. The zero-order valence-electron chi connectivity index (χ0n) is 16.3. The number of carbonyl (C=O) groups excluding carboxylic acids is 1. The molecule has 0 aliphatic heterocycles. The summed E-state index contributed by atoms with van der Waals surface area (Å²) in [6.45, 7) is 0.917. The molecule has 0 atom stereocenters. The van der Waals surface area contributed by atoms with Crippen molar-refractivity contribution in [1.82, 2.24) is 9.88 Å². The first-order chi connectivity index (χ1) is 13.5. The second-order valence-corrected chi connectivity index (χ2v) is 6.68. The van der Waals surface area contributed by atoms with E-state index in [-0.39, 0.29) is 5.97 Å². The topological polar surface area (TPSA) is 42.4 Å². The lowest BCUT2D eigenvalue weighted by molar-refractivity contribution is 0.0600. The van der Waals surface area contributed by atoms with E-state index in [4.69, 9.17) is 4.74 Å². The van der Waals surface area contributed by atoms with Gasteiger partial charge in [-0.1, -0.05) is 36.1 Å². The minimum absolute atomic E-state index is 0.372. The Morgan fingerprint density at radius 3 is 2.14 bits per heavy atom. The minimum atomic E-state index is -0.372. The van der Waals surface area contributed by atoms with Crippen LogP contribution in [0.3, 0.4) is 0 Å². The van der Waals surface area contributed by atoms with Gasteiger partial charge < -0.3 is 9.64 Å². The largest absolute Gasteiger partial charge is 0.465 e. The van der Waals surface area contributed by atoms with Crippen molar-refractivity contribution in [2.24, 2.45) is 0 Å². The molecule has 2 aromatic carbocycles. The van der Waals surface area contributed by atoms with Gasteiger partial charge in [0.15, 0.2) is 0 Å². The lowest BCUT2D eigenvalue weighted by atomic mass is 10.1. The summed E-state index contributed by atoms with van der Waals surface area (Å²) in [6.07, 6.45) is 1.61. The van der Waals surface area contributed by atoms with E-state index in [1.165, 1.54) is 12.7 Å². The average molecular weight is 370 g/mol. The summed E-state index contributed by atoms with van der Waals surface area (Å²) in [5.74, 6) is 6.00. The predicted octanol–water partition coefficient (Wildman–Crippen LogP) is 4.00. The molecule has 140 valence electrons. The molecule has 4 heteroatoms. The maximum Gasteiger partial charge on any atom is 0.337 e. The average Bonchev–Trinajstić information content (AvgIpc) is 2.73. The molecule has 0 radical (unpaired) electrons. The highest BCUT2D eigenvalue weighted by molar-refractivity contribution is 5.90. The van der Waals surface area contributed by atoms with Crippen LogP contribution in [0.15, 0.2) is 66.9 Å². The van der Waals surface area contributed by atoms with E-state index < -0.39 is 0 Å². The third-order valence-electron chi connectivity index (χ3n) is 4.17. The Hall–Kier alpha value is -3.42. The lowest BCUT2D eigenvalue weighted by Crippen LogP contribution is -2.10. The van der Waals surface area contributed by atoms with E-state index >= 15 is 0 Å². The normalized spacial score (nSPS) is 10.3. The highest BCUT2D eigenvalue weighted by atomic mass is 16.5. The standard InChI is InChI=1S/C24H22N2O2/c1-26(2)17-20-8-6-18(7-9-20)4-5-19-10-12-21(13-11-19)23-16-22(14-15-25-23)24(27)28-3/h6-16H,17H2,1-3H3. The van der Waals surface area contributed by atoms with Crippen LogP contribution in [0.4, 0.5) is 0 Å². The van der Waals surface area contributed by atoms with Crippen LogP contribution >= 0.6 is 0 Å². The molecular formula is C24H22N2O2. The van der Waals surface area contributed by atoms with Crippen LogP contribution in [-0.2, 0) is 11.3 Å². The molecule has 0 bridgehead atoms. The number of carbonyl (C=O) groups is 1. The molecule has 3 rings (SSSR count). The molecule has 0 saturated carbocycles. The first kappa shape index (κ1) is 19.3. The Bertz CT molecular complexity index is 1010. The predicted molar refractivity (Wildman–Crippen MR) is 111 cm³/mol. The Balaban J connectivity index is 1.74. The van der Waals surface area contributed by atoms with Crippen molar-refractivity contribution in [2.75, 3.05) is 21.2 Å². The number of nitrogens with zero attached hydrogens (tertiary/aromatic N) is 2. The van der Waals surface area contributed by atoms with E-state index in [1.54, 1.807) is 18.3 Å². The fourth-order valence-electron chi connectivity index (χ4n) is 2.76. The number of pyridine rings is 1. The van der Waals surface area contributed by atoms with Gasteiger partial charge in [-0.3, -0.25) is 4.98 Å². The molecule has 0 amide bonds. The third kappa shape index (κ3) is 5.06. The smallest absolute Gasteiger partial charge is 0.337 e. The molecule has 0 saturated heterocycles. The lowest BCUT2D eigenvalue weighted by Gasteiger charge is -2.08. The van der Waals surface area contributed by atoms with Crippen molar-refractivity contribution >= 4 is 5.97 Å². The first-order valence-corrected chi connectivity index (χ1v) is 8.95. The van der Waals surface area contributed by atoms with E-state index in [2.05, 4.69) is 48.0 Å². The molecule has 0 aliphatic carbocycles. The van der Waals surface area contributed by atoms with Crippen LogP contribution in [0.5, 0.6) is 0 Å². The fourth-order valence-corrected chi connectivity index (χ4v) is 2.76. The maximum atomic E-state index is 11.7. The van der Waals surface area contributed by atoms with Gasteiger partial charge in [0.25, 0.3) is 0 Å². The van der Waals surface area contributed by atoms with Gasteiger partial charge in [-0.2, -0.15) is 0 Å². The van der Waals surface area contributed by atoms with Gasteiger partial charge in [0.05, 0.1) is 18.4 Å². The summed E-state index contributed by atoms with van der Waals surface area (Å²) in [7, 11) is 5.48. The molecule has 3 aromatic rings. The van der Waals surface area contributed by atoms with Gasteiger partial charge in [0, 0.05) is 29.4 Å². The fraction of sp³-hybridized carbons (Fsp3) is 0.167. The van der Waals surface area contributed by atoms with E-state index in [9.17, 15) is 4.79 Å². The summed E-state index contributed by atoms with van der Waals surface area (Å²) in [6, 6.07) is 19.5. The summed E-state index contributed by atoms with van der Waals surface area (Å²) in [5.41, 5.74) is 5.29. The number of hydrogen-bond acceptors (Lipinski definition) is 4. The van der Waals surface area contributed by atoms with Crippen LogP contribution in [0.2, 0.25) is 0 Å². The van der Waals surface area contributed by atoms with Crippen molar-refractivity contribution < 1.29 is 9.53 Å². The molecular weight excluding hydrogens is 348 g/mol. The van der Waals surface area contributed by atoms with Gasteiger partial charge in [0.1, 0.15) is 0 Å². The zero-order chi connectivity index (χ0) is 19.9. The van der Waals surface area contributed by atoms with E-state index in [1.807, 2.05) is 36.4 Å². The van der Waals surface area contributed by atoms with E-state index in [0.29, 0.717) is 5.56 Å². The molecule has 1 heterocycles. The quantitative estimate of drug-likeness (QED) is 0.514. The molecule has 0 aliphatic rings. The summed E-state index contributed by atoms with van der Waals surface area (Å²) < 4.78 is 4.76. The van der Waals surface area contributed by atoms with Crippen LogP contribution in [0, 0.1) is 11.8 Å².